The van der Waals surface area contributed by atoms with Gasteiger partial charge in [-0.15, -0.1) is 0 Å². The van der Waals surface area contributed by atoms with Crippen molar-refractivity contribution in [1.82, 2.24) is 4.90 Å². The molecule has 1 rings (SSSR count). The molecule has 1 amide bonds. The smallest absolute Gasteiger partial charge is 0.310 e. The second-order valence-corrected chi connectivity index (χ2v) is 6.47. The van der Waals surface area contributed by atoms with Crippen LogP contribution in [0, 0.1) is 17.7 Å². The zero-order chi connectivity index (χ0) is 17.6. The summed E-state index contributed by atoms with van der Waals surface area (Å²) in [5.74, 6) is -0.914. The summed E-state index contributed by atoms with van der Waals surface area (Å²) in [6.07, 6.45) is 0.163. The van der Waals surface area contributed by atoms with Gasteiger partial charge in [0.15, 0.2) is 11.6 Å². The van der Waals surface area contributed by atoms with Gasteiger partial charge in [-0.3, -0.25) is 9.59 Å². The minimum absolute atomic E-state index is 0.146. The fourth-order valence-corrected chi connectivity index (χ4v) is 2.22. The summed E-state index contributed by atoms with van der Waals surface area (Å²) in [4.78, 5) is 25.6. The lowest BCUT2D eigenvalue weighted by Crippen LogP contribution is -2.37. The van der Waals surface area contributed by atoms with Crippen LogP contribution in [0.15, 0.2) is 18.2 Å². The monoisotopic (exact) mass is 323 g/mol. The molecule has 0 saturated carbocycles. The quantitative estimate of drug-likeness (QED) is 0.565. The summed E-state index contributed by atoms with van der Waals surface area (Å²) in [6.45, 7) is 11.0. The van der Waals surface area contributed by atoms with Crippen molar-refractivity contribution < 1.29 is 18.7 Å². The van der Waals surface area contributed by atoms with E-state index in [1.807, 2.05) is 27.7 Å². The van der Waals surface area contributed by atoms with Gasteiger partial charge < -0.3 is 9.64 Å². The molecule has 4 nitrogen and oxygen atoms in total. The van der Waals surface area contributed by atoms with Crippen LogP contribution < -0.4 is 4.74 Å². The molecule has 128 valence electrons. The highest BCUT2D eigenvalue weighted by Gasteiger charge is 2.20. The Morgan fingerprint density at radius 1 is 1.13 bits per heavy atom. The minimum atomic E-state index is -0.702. The Morgan fingerprint density at radius 2 is 1.70 bits per heavy atom. The van der Waals surface area contributed by atoms with Crippen molar-refractivity contribution >= 4 is 11.9 Å². The van der Waals surface area contributed by atoms with Crippen LogP contribution >= 0.6 is 0 Å². The fourth-order valence-electron chi connectivity index (χ4n) is 2.22. The molecule has 0 spiro atoms. The van der Waals surface area contributed by atoms with Crippen molar-refractivity contribution in [3.63, 3.8) is 0 Å². The minimum Gasteiger partial charge on any atom is -0.423 e. The Hall–Kier alpha value is -1.91. The van der Waals surface area contributed by atoms with Crippen molar-refractivity contribution in [1.29, 1.82) is 0 Å². The lowest BCUT2D eigenvalue weighted by molar-refractivity contribution is -0.134. The van der Waals surface area contributed by atoms with Gasteiger partial charge in [-0.05, 0) is 30.0 Å². The van der Waals surface area contributed by atoms with Crippen molar-refractivity contribution in [2.75, 3.05) is 13.1 Å². The van der Waals surface area contributed by atoms with E-state index in [2.05, 4.69) is 0 Å². The molecule has 0 aliphatic carbocycles. The summed E-state index contributed by atoms with van der Waals surface area (Å²) in [5.41, 5.74) is 0.264. The van der Waals surface area contributed by atoms with Crippen molar-refractivity contribution in [2.45, 2.75) is 41.0 Å². The van der Waals surface area contributed by atoms with E-state index in [9.17, 15) is 14.0 Å². The molecule has 0 saturated heterocycles. The maximum absolute atomic E-state index is 14.0. The van der Waals surface area contributed by atoms with Crippen LogP contribution in [-0.2, 0) is 4.79 Å². The van der Waals surface area contributed by atoms with Crippen LogP contribution in [0.5, 0.6) is 5.75 Å². The Morgan fingerprint density at radius 3 is 2.13 bits per heavy atom. The first-order valence-electron chi connectivity index (χ1n) is 8.04. The molecule has 0 aliphatic rings. The molecule has 0 heterocycles. The molecule has 0 N–H and O–H groups in total. The zero-order valence-electron chi connectivity index (χ0n) is 14.6. The van der Waals surface area contributed by atoms with E-state index in [1.165, 1.54) is 12.1 Å². The second kappa shape index (κ2) is 8.65. The predicted octanol–water partition coefficient (Wildman–Crippen LogP) is 3.90. The number of hydrogen-bond acceptors (Lipinski definition) is 3. The number of carbonyl (C=O) groups is 2. The summed E-state index contributed by atoms with van der Waals surface area (Å²) in [7, 11) is 0. The van der Waals surface area contributed by atoms with Gasteiger partial charge in [0.05, 0.1) is 0 Å². The molecular formula is C18H26FNO3. The predicted molar refractivity (Wildman–Crippen MR) is 87.9 cm³/mol. The summed E-state index contributed by atoms with van der Waals surface area (Å²) in [5, 5.41) is 0. The summed E-state index contributed by atoms with van der Waals surface area (Å²) in [6, 6.07) is 3.96. The number of ether oxygens (including phenoxy) is 1. The Balaban J connectivity index is 2.96. The molecule has 0 unspecified atom stereocenters. The van der Waals surface area contributed by atoms with Gasteiger partial charge in [-0.2, -0.15) is 0 Å². The number of benzene rings is 1. The number of esters is 1. The third-order valence-electron chi connectivity index (χ3n) is 3.15. The normalized spacial score (nSPS) is 11.0. The second-order valence-electron chi connectivity index (χ2n) is 6.47. The number of rotatable bonds is 7. The van der Waals surface area contributed by atoms with Crippen LogP contribution in [0.4, 0.5) is 4.39 Å². The molecule has 0 aliphatic heterocycles. The Kier molecular flexibility index (Phi) is 7.20. The largest absolute Gasteiger partial charge is 0.423 e. The van der Waals surface area contributed by atoms with E-state index < -0.39 is 11.8 Å². The lowest BCUT2D eigenvalue weighted by atomic mass is 10.1. The van der Waals surface area contributed by atoms with Crippen LogP contribution in [0.3, 0.4) is 0 Å². The SMILES string of the molecule is CCC(=O)Oc1ccc(C(=O)N(CC(C)C)CC(C)C)cc1F. The summed E-state index contributed by atoms with van der Waals surface area (Å²) < 4.78 is 18.9. The Bertz CT molecular complexity index is 545. The van der Waals surface area contributed by atoms with E-state index in [4.69, 9.17) is 4.74 Å². The van der Waals surface area contributed by atoms with E-state index in [0.29, 0.717) is 24.9 Å². The zero-order valence-corrected chi connectivity index (χ0v) is 14.6. The third-order valence-corrected chi connectivity index (χ3v) is 3.15. The maximum Gasteiger partial charge on any atom is 0.310 e. The molecular weight excluding hydrogens is 297 g/mol. The van der Waals surface area contributed by atoms with Crippen LogP contribution in [0.1, 0.15) is 51.4 Å². The van der Waals surface area contributed by atoms with Crippen molar-refractivity contribution in [3.05, 3.63) is 29.6 Å². The number of nitrogens with zero attached hydrogens (tertiary/aromatic N) is 1. The molecule has 0 bridgehead atoms. The molecule has 0 atom stereocenters. The van der Waals surface area contributed by atoms with Crippen LogP contribution in [-0.4, -0.2) is 29.9 Å². The Labute approximate surface area is 137 Å². The van der Waals surface area contributed by atoms with Gasteiger partial charge in [0.25, 0.3) is 5.91 Å². The number of halogens is 1. The molecule has 5 heteroatoms. The van der Waals surface area contributed by atoms with Gasteiger partial charge in [0.2, 0.25) is 0 Å². The van der Waals surface area contributed by atoms with Crippen molar-refractivity contribution in [2.24, 2.45) is 11.8 Å². The van der Waals surface area contributed by atoms with Gasteiger partial charge in [-0.25, -0.2) is 4.39 Å². The maximum atomic E-state index is 14.0. The summed E-state index contributed by atoms with van der Waals surface area (Å²) >= 11 is 0. The highest BCUT2D eigenvalue weighted by Crippen LogP contribution is 2.20. The molecule has 0 radical (unpaired) electrons. The average molecular weight is 323 g/mol. The van der Waals surface area contributed by atoms with E-state index in [0.717, 1.165) is 6.07 Å². The van der Waals surface area contributed by atoms with Crippen molar-refractivity contribution in [3.8, 4) is 5.75 Å². The van der Waals surface area contributed by atoms with Gasteiger partial charge in [-0.1, -0.05) is 34.6 Å². The first-order valence-corrected chi connectivity index (χ1v) is 8.04. The van der Waals surface area contributed by atoms with Crippen LogP contribution in [0.2, 0.25) is 0 Å². The van der Waals surface area contributed by atoms with E-state index in [1.54, 1.807) is 11.8 Å². The number of hydrogen-bond donors (Lipinski definition) is 0. The number of amides is 1. The third kappa shape index (κ3) is 6.00. The van der Waals surface area contributed by atoms with Crippen LogP contribution in [0.25, 0.3) is 0 Å². The molecule has 23 heavy (non-hydrogen) atoms. The lowest BCUT2D eigenvalue weighted by Gasteiger charge is -2.26. The highest BCUT2D eigenvalue weighted by atomic mass is 19.1. The molecule has 1 aromatic rings. The van der Waals surface area contributed by atoms with E-state index in [-0.39, 0.29) is 23.6 Å². The fraction of sp³-hybridized carbons (Fsp3) is 0.556. The average Bonchev–Trinajstić information content (AvgIpc) is 2.46. The molecule has 0 aromatic heterocycles. The number of carbonyl (C=O) groups excluding carboxylic acids is 2. The first kappa shape index (κ1) is 19.1. The molecule has 1 aromatic carbocycles. The van der Waals surface area contributed by atoms with Gasteiger partial charge in [0.1, 0.15) is 0 Å². The topological polar surface area (TPSA) is 46.6 Å². The first-order chi connectivity index (χ1) is 10.7. The van der Waals surface area contributed by atoms with E-state index >= 15 is 0 Å². The standard InChI is InChI=1S/C18H26FNO3/c1-6-17(21)23-16-8-7-14(9-15(16)19)18(22)20(10-12(2)3)11-13(4)5/h7-9,12-13H,6,10-11H2,1-5H3. The highest BCUT2D eigenvalue weighted by molar-refractivity contribution is 5.94. The van der Waals surface area contributed by atoms with Gasteiger partial charge in [0, 0.05) is 25.1 Å². The van der Waals surface area contributed by atoms with Gasteiger partial charge >= 0.3 is 5.97 Å². The molecule has 0 fully saturated rings.